The van der Waals surface area contributed by atoms with Crippen molar-refractivity contribution in [2.24, 2.45) is 0 Å². The topological polar surface area (TPSA) is 35.5 Å². The molecule has 0 aromatic heterocycles. The maximum Gasteiger partial charge on any atom is 0.430 e. The first kappa shape index (κ1) is 17.2. The van der Waals surface area contributed by atoms with E-state index in [0.717, 1.165) is 0 Å². The van der Waals surface area contributed by atoms with Gasteiger partial charge in [-0.05, 0) is 19.4 Å². The molecule has 0 heterocycles. The van der Waals surface area contributed by atoms with Gasteiger partial charge in [0, 0.05) is 12.1 Å². The van der Waals surface area contributed by atoms with Gasteiger partial charge >= 0.3 is 16.3 Å². The lowest BCUT2D eigenvalue weighted by atomic mass is 10.2. The summed E-state index contributed by atoms with van der Waals surface area (Å²) in [4.78, 5) is 0. The minimum Gasteiger partial charge on any atom is -0.312 e. The molecule has 7 heteroatoms. The highest BCUT2D eigenvalue weighted by Gasteiger charge is 2.47. The van der Waals surface area contributed by atoms with Crippen molar-refractivity contribution in [1.82, 2.24) is 0 Å². The van der Waals surface area contributed by atoms with Gasteiger partial charge in [0.25, 0.3) is 0 Å². The first-order chi connectivity index (χ1) is 7.58. The van der Waals surface area contributed by atoms with Gasteiger partial charge in [-0.15, -0.1) is 0 Å². The summed E-state index contributed by atoms with van der Waals surface area (Å²) in [6.45, 7) is 6.62. The molecule has 0 bridgehead atoms. The maximum absolute atomic E-state index is 13.8. The fourth-order valence-corrected chi connectivity index (χ4v) is 4.30. The SMILES string of the molecule is CCOP(=O)(CCC[Si](F)(F)C(C)(C)C)OC. The summed E-state index contributed by atoms with van der Waals surface area (Å²) in [6, 6.07) is -0.170. The van der Waals surface area contributed by atoms with E-state index in [2.05, 4.69) is 0 Å². The molecule has 1 unspecified atom stereocenters. The van der Waals surface area contributed by atoms with E-state index in [4.69, 9.17) is 9.05 Å². The highest BCUT2D eigenvalue weighted by Crippen LogP contribution is 2.49. The minimum atomic E-state index is -4.27. The van der Waals surface area contributed by atoms with Gasteiger partial charge in [0.1, 0.15) is 0 Å². The van der Waals surface area contributed by atoms with Crippen LogP contribution in [0.3, 0.4) is 0 Å². The summed E-state index contributed by atoms with van der Waals surface area (Å²) in [5, 5.41) is -0.949. The van der Waals surface area contributed by atoms with Crippen LogP contribution in [-0.2, 0) is 13.6 Å². The summed E-state index contributed by atoms with van der Waals surface area (Å²) >= 11 is 0. The Hall–Kier alpha value is 0.227. The van der Waals surface area contributed by atoms with Crippen LogP contribution in [0.1, 0.15) is 34.1 Å². The molecule has 0 aromatic rings. The molecule has 0 rings (SSSR count). The van der Waals surface area contributed by atoms with Gasteiger partial charge in [-0.2, -0.15) is 0 Å². The van der Waals surface area contributed by atoms with Crippen molar-refractivity contribution in [2.75, 3.05) is 19.9 Å². The lowest BCUT2D eigenvalue weighted by Crippen LogP contribution is -2.34. The molecule has 0 radical (unpaired) electrons. The van der Waals surface area contributed by atoms with Crippen molar-refractivity contribution in [3.8, 4) is 0 Å². The zero-order valence-electron chi connectivity index (χ0n) is 11.3. The van der Waals surface area contributed by atoms with Crippen LogP contribution in [0, 0.1) is 0 Å². The molecule has 0 amide bonds. The number of rotatable bonds is 7. The number of hydrogen-bond donors (Lipinski definition) is 0. The Morgan fingerprint density at radius 3 is 2.18 bits per heavy atom. The minimum absolute atomic E-state index is 0.0655. The molecule has 0 saturated carbocycles. The third-order valence-corrected chi connectivity index (χ3v) is 7.87. The van der Waals surface area contributed by atoms with Crippen molar-refractivity contribution in [1.29, 1.82) is 0 Å². The fraction of sp³-hybridized carbons (Fsp3) is 1.00. The molecule has 1 atom stereocenters. The van der Waals surface area contributed by atoms with E-state index in [0.29, 0.717) is 0 Å². The van der Waals surface area contributed by atoms with Gasteiger partial charge in [-0.1, -0.05) is 20.8 Å². The summed E-state index contributed by atoms with van der Waals surface area (Å²) in [5.74, 6) is 0. The molecular weight excluding hydrogens is 265 g/mol. The van der Waals surface area contributed by atoms with Gasteiger partial charge in [0.05, 0.1) is 12.8 Å². The highest BCUT2D eigenvalue weighted by atomic mass is 31.2. The first-order valence-corrected chi connectivity index (χ1v) is 9.44. The van der Waals surface area contributed by atoms with Gasteiger partial charge < -0.3 is 9.05 Å². The predicted molar refractivity (Wildman–Crippen MR) is 68.2 cm³/mol. The Kier molecular flexibility index (Phi) is 6.50. The standard InChI is InChI=1S/C10H23F2O3PSi/c1-6-15-16(13,14-5)8-7-9-17(11,12)10(2,3)4/h6-9H2,1-5H3. The summed E-state index contributed by atoms with van der Waals surface area (Å²) in [6.07, 6.45) is 0.248. The van der Waals surface area contributed by atoms with E-state index >= 15 is 0 Å². The second-order valence-electron chi connectivity index (χ2n) is 4.99. The predicted octanol–water partition coefficient (Wildman–Crippen LogP) is 4.43. The highest BCUT2D eigenvalue weighted by molar-refractivity contribution is 7.53. The Bertz CT molecular complexity index is 279. The molecule has 0 aliphatic rings. The van der Waals surface area contributed by atoms with Crippen LogP contribution >= 0.6 is 7.60 Å². The van der Waals surface area contributed by atoms with Crippen LogP contribution in [0.25, 0.3) is 0 Å². The molecule has 17 heavy (non-hydrogen) atoms. The summed E-state index contributed by atoms with van der Waals surface area (Å²) in [5.41, 5.74) is 0. The second-order valence-corrected chi connectivity index (χ2v) is 10.7. The Morgan fingerprint density at radius 2 is 1.82 bits per heavy atom. The van der Waals surface area contributed by atoms with Crippen molar-refractivity contribution in [3.63, 3.8) is 0 Å². The van der Waals surface area contributed by atoms with Gasteiger partial charge in [-0.25, -0.2) is 0 Å². The Morgan fingerprint density at radius 1 is 1.29 bits per heavy atom. The number of hydrogen-bond acceptors (Lipinski definition) is 3. The molecule has 0 fully saturated rings. The zero-order valence-corrected chi connectivity index (χ0v) is 13.2. The smallest absolute Gasteiger partial charge is 0.312 e. The quantitative estimate of drug-likeness (QED) is 0.395. The largest absolute Gasteiger partial charge is 0.430 e. The molecule has 0 aliphatic heterocycles. The Labute approximate surface area is 104 Å². The van der Waals surface area contributed by atoms with Crippen molar-refractivity contribution >= 4 is 16.3 Å². The van der Waals surface area contributed by atoms with E-state index in [9.17, 15) is 12.8 Å². The van der Waals surface area contributed by atoms with Gasteiger partial charge in [0.2, 0.25) is 0 Å². The average Bonchev–Trinajstić information content (AvgIpc) is 2.16. The molecule has 0 aliphatic carbocycles. The van der Waals surface area contributed by atoms with E-state index in [1.807, 2.05) is 0 Å². The van der Waals surface area contributed by atoms with Crippen LogP contribution in [0.2, 0.25) is 11.1 Å². The second kappa shape index (κ2) is 6.41. The van der Waals surface area contributed by atoms with E-state index in [1.165, 1.54) is 7.11 Å². The van der Waals surface area contributed by atoms with Crippen LogP contribution in [0.15, 0.2) is 0 Å². The number of halogens is 2. The van der Waals surface area contributed by atoms with Gasteiger partial charge in [-0.3, -0.25) is 12.8 Å². The molecule has 104 valence electrons. The molecule has 0 N–H and O–H groups in total. The average molecular weight is 288 g/mol. The fourth-order valence-electron chi connectivity index (χ4n) is 1.27. The first-order valence-electron chi connectivity index (χ1n) is 5.75. The van der Waals surface area contributed by atoms with Crippen molar-refractivity contribution in [3.05, 3.63) is 0 Å². The van der Waals surface area contributed by atoms with Crippen LogP contribution < -0.4 is 0 Å². The van der Waals surface area contributed by atoms with Crippen LogP contribution in [-0.4, -0.2) is 28.6 Å². The maximum atomic E-state index is 13.8. The Balaban J connectivity index is 4.28. The molecular formula is C10H23F2O3PSi. The molecule has 0 saturated heterocycles. The summed E-state index contributed by atoms with van der Waals surface area (Å²) in [7, 11) is -6.13. The normalized spacial score (nSPS) is 16.9. The van der Waals surface area contributed by atoms with Crippen molar-refractivity contribution in [2.45, 2.75) is 45.2 Å². The lowest BCUT2D eigenvalue weighted by molar-refractivity contribution is 0.244. The van der Waals surface area contributed by atoms with Crippen LogP contribution in [0.5, 0.6) is 0 Å². The lowest BCUT2D eigenvalue weighted by Gasteiger charge is -2.27. The van der Waals surface area contributed by atoms with Crippen LogP contribution in [0.4, 0.5) is 8.22 Å². The summed E-state index contributed by atoms with van der Waals surface area (Å²) < 4.78 is 49.1. The molecule has 3 nitrogen and oxygen atoms in total. The zero-order chi connectivity index (χ0) is 13.7. The third-order valence-electron chi connectivity index (χ3n) is 2.62. The third kappa shape index (κ3) is 5.60. The van der Waals surface area contributed by atoms with E-state index in [-0.39, 0.29) is 25.2 Å². The monoisotopic (exact) mass is 288 g/mol. The molecule has 0 aromatic carbocycles. The molecule has 0 spiro atoms. The van der Waals surface area contributed by atoms with E-state index < -0.39 is 21.4 Å². The van der Waals surface area contributed by atoms with Gasteiger partial charge in [0.15, 0.2) is 0 Å². The van der Waals surface area contributed by atoms with E-state index in [1.54, 1.807) is 27.7 Å². The van der Waals surface area contributed by atoms with Crippen molar-refractivity contribution < 1.29 is 21.8 Å².